The number of halogens is 1. The Morgan fingerprint density at radius 1 is 1.24 bits per heavy atom. The van der Waals surface area contributed by atoms with Gasteiger partial charge in [0.2, 0.25) is 5.91 Å². The van der Waals surface area contributed by atoms with E-state index in [1.165, 1.54) is 12.1 Å². The Morgan fingerprint density at radius 2 is 2.08 bits per heavy atom. The van der Waals surface area contributed by atoms with E-state index in [0.29, 0.717) is 25.2 Å². The number of morpholine rings is 1. The smallest absolute Gasteiger partial charge is 0.253 e. The second kappa shape index (κ2) is 6.41. The van der Waals surface area contributed by atoms with Gasteiger partial charge in [0.25, 0.3) is 5.91 Å². The van der Waals surface area contributed by atoms with E-state index in [2.05, 4.69) is 0 Å². The SMILES string of the molecule is O=C(C1CC1)N1CCCC2(CC1)CN(c1cccc(F)c1)C(=O)CO2. The zero-order valence-corrected chi connectivity index (χ0v) is 14.2. The van der Waals surface area contributed by atoms with E-state index < -0.39 is 5.60 Å². The number of nitrogens with zero attached hydrogens (tertiary/aromatic N) is 2. The lowest BCUT2D eigenvalue weighted by molar-refractivity contribution is -0.141. The van der Waals surface area contributed by atoms with Gasteiger partial charge in [-0.15, -0.1) is 0 Å². The topological polar surface area (TPSA) is 49.9 Å². The zero-order chi connectivity index (χ0) is 17.4. The maximum absolute atomic E-state index is 13.6. The van der Waals surface area contributed by atoms with Gasteiger partial charge >= 0.3 is 0 Å². The number of ether oxygens (including phenoxy) is 1. The minimum Gasteiger partial charge on any atom is -0.363 e. The molecule has 2 saturated heterocycles. The van der Waals surface area contributed by atoms with Gasteiger partial charge < -0.3 is 14.5 Å². The Kier molecular flexibility index (Phi) is 4.23. The van der Waals surface area contributed by atoms with Crippen molar-refractivity contribution in [1.82, 2.24) is 4.90 Å². The van der Waals surface area contributed by atoms with E-state index in [1.807, 2.05) is 4.90 Å². The summed E-state index contributed by atoms with van der Waals surface area (Å²) in [6.45, 7) is 1.85. The van der Waals surface area contributed by atoms with Gasteiger partial charge in [-0.3, -0.25) is 9.59 Å². The predicted octanol–water partition coefficient (Wildman–Crippen LogP) is 2.35. The first-order chi connectivity index (χ1) is 12.1. The van der Waals surface area contributed by atoms with Crippen molar-refractivity contribution in [3.05, 3.63) is 30.1 Å². The molecule has 1 spiro atoms. The monoisotopic (exact) mass is 346 g/mol. The molecule has 0 radical (unpaired) electrons. The molecule has 2 amide bonds. The number of benzene rings is 1. The molecule has 1 atom stereocenters. The van der Waals surface area contributed by atoms with Gasteiger partial charge in [0.05, 0.1) is 12.1 Å². The third-order valence-electron chi connectivity index (χ3n) is 5.51. The fourth-order valence-electron chi connectivity index (χ4n) is 3.87. The van der Waals surface area contributed by atoms with E-state index >= 15 is 0 Å². The fraction of sp³-hybridized carbons (Fsp3) is 0.579. The third kappa shape index (κ3) is 3.40. The van der Waals surface area contributed by atoms with Crippen LogP contribution >= 0.6 is 0 Å². The molecular formula is C19H23FN2O3. The van der Waals surface area contributed by atoms with Gasteiger partial charge in [-0.25, -0.2) is 4.39 Å². The lowest BCUT2D eigenvalue weighted by Crippen LogP contribution is -2.55. The molecule has 1 saturated carbocycles. The molecule has 5 nitrogen and oxygen atoms in total. The third-order valence-corrected chi connectivity index (χ3v) is 5.51. The number of rotatable bonds is 2. The standard InChI is InChI=1S/C19H23FN2O3/c20-15-3-1-4-16(11-15)22-13-19(25-12-17(22)23)7-2-9-21(10-8-19)18(24)14-5-6-14/h1,3-4,11,14H,2,5-10,12-13H2. The quantitative estimate of drug-likeness (QED) is 0.826. The Bertz CT molecular complexity index is 691. The van der Waals surface area contributed by atoms with Gasteiger partial charge in [0.15, 0.2) is 0 Å². The normalized spacial score (nSPS) is 27.5. The van der Waals surface area contributed by atoms with Crippen LogP contribution in [-0.2, 0) is 14.3 Å². The lowest BCUT2D eigenvalue weighted by atomic mass is 9.92. The fourth-order valence-corrected chi connectivity index (χ4v) is 3.87. The highest BCUT2D eigenvalue weighted by atomic mass is 19.1. The summed E-state index contributed by atoms with van der Waals surface area (Å²) in [5.41, 5.74) is 0.126. The second-order valence-electron chi connectivity index (χ2n) is 7.38. The van der Waals surface area contributed by atoms with Gasteiger partial charge in [-0.05, 0) is 50.3 Å². The molecule has 3 aliphatic rings. The summed E-state index contributed by atoms with van der Waals surface area (Å²) in [5, 5.41) is 0. The van der Waals surface area contributed by atoms with E-state index in [-0.39, 0.29) is 30.2 Å². The van der Waals surface area contributed by atoms with Crippen LogP contribution in [0.15, 0.2) is 24.3 Å². The van der Waals surface area contributed by atoms with Crippen molar-refractivity contribution in [2.45, 2.75) is 37.7 Å². The van der Waals surface area contributed by atoms with Gasteiger partial charge in [0.1, 0.15) is 12.4 Å². The first-order valence-corrected chi connectivity index (χ1v) is 9.05. The second-order valence-corrected chi connectivity index (χ2v) is 7.38. The molecule has 134 valence electrons. The van der Waals surface area contributed by atoms with Crippen LogP contribution in [0, 0.1) is 11.7 Å². The summed E-state index contributed by atoms with van der Waals surface area (Å²) in [5.74, 6) is -0.00286. The summed E-state index contributed by atoms with van der Waals surface area (Å²) in [6, 6.07) is 6.12. The minimum atomic E-state index is -0.446. The van der Waals surface area contributed by atoms with E-state index in [0.717, 1.165) is 32.2 Å². The molecule has 1 unspecified atom stereocenters. The van der Waals surface area contributed by atoms with Crippen molar-refractivity contribution in [1.29, 1.82) is 0 Å². The predicted molar refractivity (Wildman–Crippen MR) is 90.6 cm³/mol. The van der Waals surface area contributed by atoms with Crippen LogP contribution in [0.3, 0.4) is 0 Å². The van der Waals surface area contributed by atoms with Crippen LogP contribution in [0.5, 0.6) is 0 Å². The molecule has 1 aromatic rings. The number of amides is 2. The average molecular weight is 346 g/mol. The number of hydrogen-bond donors (Lipinski definition) is 0. The van der Waals surface area contributed by atoms with Gasteiger partial charge in [-0.1, -0.05) is 6.07 Å². The Morgan fingerprint density at radius 3 is 2.84 bits per heavy atom. The highest BCUT2D eigenvalue weighted by Gasteiger charge is 2.43. The number of likely N-dealkylation sites (tertiary alicyclic amines) is 1. The Labute approximate surface area is 146 Å². The summed E-state index contributed by atoms with van der Waals surface area (Å²) in [6.07, 6.45) is 4.41. The van der Waals surface area contributed by atoms with Crippen molar-refractivity contribution in [2.24, 2.45) is 5.92 Å². The Balaban J connectivity index is 1.49. The van der Waals surface area contributed by atoms with Crippen molar-refractivity contribution >= 4 is 17.5 Å². The highest BCUT2D eigenvalue weighted by Crippen LogP contribution is 2.35. The van der Waals surface area contributed by atoms with Crippen molar-refractivity contribution in [3.8, 4) is 0 Å². The summed E-state index contributed by atoms with van der Waals surface area (Å²) >= 11 is 0. The first-order valence-electron chi connectivity index (χ1n) is 9.05. The molecule has 1 aliphatic carbocycles. The number of anilines is 1. The molecule has 1 aromatic carbocycles. The average Bonchev–Trinajstić information content (AvgIpc) is 3.45. The highest BCUT2D eigenvalue weighted by molar-refractivity contribution is 5.95. The van der Waals surface area contributed by atoms with Gasteiger partial charge in [-0.2, -0.15) is 0 Å². The summed E-state index contributed by atoms with van der Waals surface area (Å²) in [4.78, 5) is 28.2. The molecule has 3 fully saturated rings. The minimum absolute atomic E-state index is 0.00703. The zero-order valence-electron chi connectivity index (χ0n) is 14.2. The Hall–Kier alpha value is -1.95. The molecule has 25 heavy (non-hydrogen) atoms. The molecule has 0 N–H and O–H groups in total. The van der Waals surface area contributed by atoms with E-state index in [1.54, 1.807) is 17.0 Å². The molecule has 2 aliphatic heterocycles. The number of hydrogen-bond acceptors (Lipinski definition) is 3. The number of carbonyl (C=O) groups is 2. The van der Waals surface area contributed by atoms with Crippen LogP contribution < -0.4 is 4.90 Å². The molecule has 0 bridgehead atoms. The molecule has 6 heteroatoms. The lowest BCUT2D eigenvalue weighted by Gasteiger charge is -2.42. The van der Waals surface area contributed by atoms with Crippen LogP contribution in [-0.4, -0.2) is 48.6 Å². The van der Waals surface area contributed by atoms with Crippen molar-refractivity contribution < 1.29 is 18.7 Å². The summed E-state index contributed by atoms with van der Waals surface area (Å²) in [7, 11) is 0. The van der Waals surface area contributed by atoms with Crippen LogP contribution in [0.2, 0.25) is 0 Å². The van der Waals surface area contributed by atoms with Crippen LogP contribution in [0.4, 0.5) is 10.1 Å². The van der Waals surface area contributed by atoms with Crippen molar-refractivity contribution in [3.63, 3.8) is 0 Å². The largest absolute Gasteiger partial charge is 0.363 e. The first kappa shape index (κ1) is 16.5. The number of carbonyl (C=O) groups excluding carboxylic acids is 2. The van der Waals surface area contributed by atoms with E-state index in [4.69, 9.17) is 4.74 Å². The van der Waals surface area contributed by atoms with Crippen LogP contribution in [0.1, 0.15) is 32.1 Å². The van der Waals surface area contributed by atoms with Crippen molar-refractivity contribution in [2.75, 3.05) is 31.1 Å². The maximum atomic E-state index is 13.6. The molecular weight excluding hydrogens is 323 g/mol. The molecule has 4 rings (SSSR count). The summed E-state index contributed by atoms with van der Waals surface area (Å²) < 4.78 is 19.5. The molecule has 0 aromatic heterocycles. The van der Waals surface area contributed by atoms with E-state index in [9.17, 15) is 14.0 Å². The van der Waals surface area contributed by atoms with Crippen LogP contribution in [0.25, 0.3) is 0 Å². The molecule has 2 heterocycles. The maximum Gasteiger partial charge on any atom is 0.253 e. The van der Waals surface area contributed by atoms with Gasteiger partial charge in [0, 0.05) is 24.7 Å².